The molecule has 0 aliphatic heterocycles. The van der Waals surface area contributed by atoms with Crippen molar-refractivity contribution in [1.82, 2.24) is 15.0 Å². The van der Waals surface area contributed by atoms with E-state index in [1.54, 1.807) is 6.92 Å². The average Bonchev–Trinajstić information content (AvgIpc) is 1.99. The van der Waals surface area contributed by atoms with Crippen molar-refractivity contribution in [3.05, 3.63) is 0 Å². The van der Waals surface area contributed by atoms with Crippen LogP contribution in [-0.2, 0) is 0 Å². The minimum atomic E-state index is 0.0277. The van der Waals surface area contributed by atoms with Crippen LogP contribution in [-0.4, -0.2) is 20.8 Å². The van der Waals surface area contributed by atoms with E-state index < -0.39 is 0 Å². The van der Waals surface area contributed by atoms with Crippen molar-refractivity contribution in [3.8, 4) is 0 Å². The Balaban J connectivity index is 2.83. The first-order valence-corrected chi connectivity index (χ1v) is 3.40. The summed E-state index contributed by atoms with van der Waals surface area (Å²) in [7, 11) is 0. The smallest absolute Gasteiger partial charge is 0.250 e. The fourth-order valence-corrected chi connectivity index (χ4v) is 0.598. The molecule has 8 nitrogen and oxygen atoms in total. The number of nitrogens with two attached hydrogens (primary N) is 3. The first kappa shape index (κ1) is 8.97. The van der Waals surface area contributed by atoms with Crippen LogP contribution >= 0.6 is 0 Å². The SMILES string of the molecule is C/C(N)=N\Nc1nc(N)nc(N)n1. The Morgan fingerprint density at radius 2 is 1.77 bits per heavy atom. The summed E-state index contributed by atoms with van der Waals surface area (Å²) in [6.45, 7) is 1.61. The summed E-state index contributed by atoms with van der Waals surface area (Å²) in [6.07, 6.45) is 0. The third kappa shape index (κ3) is 2.77. The lowest BCUT2D eigenvalue weighted by atomic mass is 10.7. The highest BCUT2D eigenvalue weighted by Gasteiger charge is 1.99. The third-order valence-electron chi connectivity index (χ3n) is 1.00. The first-order valence-electron chi connectivity index (χ1n) is 3.40. The number of anilines is 3. The molecule has 1 heterocycles. The summed E-state index contributed by atoms with van der Waals surface area (Å²) in [5.74, 6) is 0.562. The number of nitrogens with zero attached hydrogens (tertiary/aromatic N) is 4. The van der Waals surface area contributed by atoms with Crippen molar-refractivity contribution in [1.29, 1.82) is 0 Å². The Morgan fingerprint density at radius 1 is 1.23 bits per heavy atom. The maximum atomic E-state index is 5.30. The molecule has 0 unspecified atom stereocenters. The minimum Gasteiger partial charge on any atom is -0.386 e. The van der Waals surface area contributed by atoms with Crippen molar-refractivity contribution < 1.29 is 0 Å². The van der Waals surface area contributed by atoms with Gasteiger partial charge in [0.05, 0.1) is 0 Å². The van der Waals surface area contributed by atoms with Gasteiger partial charge >= 0.3 is 0 Å². The molecule has 0 atom stereocenters. The maximum absolute atomic E-state index is 5.30. The van der Waals surface area contributed by atoms with E-state index in [9.17, 15) is 0 Å². The molecule has 1 aromatic rings. The van der Waals surface area contributed by atoms with Crippen LogP contribution in [0.3, 0.4) is 0 Å². The monoisotopic (exact) mass is 182 g/mol. The number of hydrogen-bond acceptors (Lipinski definition) is 7. The largest absolute Gasteiger partial charge is 0.386 e. The number of rotatable bonds is 2. The fourth-order valence-electron chi connectivity index (χ4n) is 0.598. The normalized spacial score (nSPS) is 11.3. The van der Waals surface area contributed by atoms with Crippen molar-refractivity contribution in [2.45, 2.75) is 6.92 Å². The highest BCUT2D eigenvalue weighted by atomic mass is 15.4. The molecule has 0 aromatic carbocycles. The van der Waals surface area contributed by atoms with Gasteiger partial charge in [0.25, 0.3) is 0 Å². The Labute approximate surface area is 74.3 Å². The molecule has 0 aliphatic carbocycles. The lowest BCUT2D eigenvalue weighted by Crippen LogP contribution is -2.11. The van der Waals surface area contributed by atoms with Gasteiger partial charge in [-0.2, -0.15) is 20.1 Å². The molecule has 0 saturated carbocycles. The topological polar surface area (TPSA) is 141 Å². The zero-order valence-corrected chi connectivity index (χ0v) is 7.02. The zero-order valence-electron chi connectivity index (χ0n) is 7.02. The van der Waals surface area contributed by atoms with Crippen LogP contribution in [0.15, 0.2) is 5.10 Å². The Bertz CT molecular complexity index is 307. The Morgan fingerprint density at radius 3 is 2.23 bits per heavy atom. The molecule has 1 rings (SSSR count). The number of nitrogens with one attached hydrogen (secondary N) is 1. The molecule has 70 valence electrons. The highest BCUT2D eigenvalue weighted by molar-refractivity contribution is 5.78. The van der Waals surface area contributed by atoms with Crippen molar-refractivity contribution in [3.63, 3.8) is 0 Å². The molecular formula is C5H10N8. The molecule has 8 heteroatoms. The molecule has 0 fully saturated rings. The van der Waals surface area contributed by atoms with Gasteiger partial charge in [-0.1, -0.05) is 0 Å². The maximum Gasteiger partial charge on any atom is 0.250 e. The summed E-state index contributed by atoms with van der Waals surface area (Å²) in [5, 5.41) is 3.66. The van der Waals surface area contributed by atoms with E-state index in [0.717, 1.165) is 0 Å². The second-order valence-electron chi connectivity index (χ2n) is 2.24. The minimum absolute atomic E-state index is 0.0277. The molecule has 0 radical (unpaired) electrons. The number of nitrogen functional groups attached to an aromatic ring is 2. The summed E-state index contributed by atoms with van der Waals surface area (Å²) >= 11 is 0. The van der Waals surface area contributed by atoms with Crippen molar-refractivity contribution >= 4 is 23.7 Å². The van der Waals surface area contributed by atoms with Crippen LogP contribution in [0.2, 0.25) is 0 Å². The molecule has 0 amide bonds. The second kappa shape index (κ2) is 3.52. The molecular weight excluding hydrogens is 172 g/mol. The van der Waals surface area contributed by atoms with Crippen LogP contribution in [0.5, 0.6) is 0 Å². The van der Waals surface area contributed by atoms with Gasteiger partial charge < -0.3 is 17.2 Å². The number of amidine groups is 1. The zero-order chi connectivity index (χ0) is 9.84. The highest BCUT2D eigenvalue weighted by Crippen LogP contribution is 2.02. The van der Waals surface area contributed by atoms with Crippen LogP contribution in [0.1, 0.15) is 6.92 Å². The molecule has 1 aromatic heterocycles. The van der Waals surface area contributed by atoms with Gasteiger partial charge in [0.1, 0.15) is 5.84 Å². The summed E-state index contributed by atoms with van der Waals surface area (Å²) in [4.78, 5) is 11.0. The van der Waals surface area contributed by atoms with Gasteiger partial charge in [-0.15, -0.1) is 0 Å². The summed E-state index contributed by atoms with van der Waals surface area (Å²) in [5.41, 5.74) is 18.3. The predicted octanol–water partition coefficient (Wildman–Crippen LogP) is -1.26. The van der Waals surface area contributed by atoms with Crippen LogP contribution in [0.4, 0.5) is 17.8 Å². The first-order chi connectivity index (χ1) is 6.08. The molecule has 0 aliphatic rings. The molecule has 7 N–H and O–H groups in total. The quantitative estimate of drug-likeness (QED) is 0.254. The molecule has 0 spiro atoms. The van der Waals surface area contributed by atoms with E-state index in [1.165, 1.54) is 0 Å². The lowest BCUT2D eigenvalue weighted by Gasteiger charge is -2.00. The van der Waals surface area contributed by atoms with Gasteiger partial charge in [0.15, 0.2) is 0 Å². The van der Waals surface area contributed by atoms with E-state index in [4.69, 9.17) is 17.2 Å². The number of hydrogen-bond donors (Lipinski definition) is 4. The standard InChI is InChI=1S/C5H10N8/c1-2(6)12-13-5-10-3(7)9-4(8)11-5/h1H3,(H2,6,12)(H5,7,8,9,10,11,13). The Kier molecular flexibility index (Phi) is 2.43. The van der Waals surface area contributed by atoms with Gasteiger partial charge in [-0.3, -0.25) is 0 Å². The van der Waals surface area contributed by atoms with E-state index in [1.807, 2.05) is 0 Å². The van der Waals surface area contributed by atoms with Crippen LogP contribution in [0, 0.1) is 0 Å². The van der Waals surface area contributed by atoms with Crippen molar-refractivity contribution in [2.24, 2.45) is 10.8 Å². The summed E-state index contributed by atoms with van der Waals surface area (Å²) in [6, 6.07) is 0. The summed E-state index contributed by atoms with van der Waals surface area (Å²) < 4.78 is 0. The number of hydrazone groups is 1. The van der Waals surface area contributed by atoms with Crippen LogP contribution < -0.4 is 22.6 Å². The van der Waals surface area contributed by atoms with Gasteiger partial charge in [0.2, 0.25) is 17.8 Å². The van der Waals surface area contributed by atoms with E-state index in [2.05, 4.69) is 25.5 Å². The molecule has 0 bridgehead atoms. The fraction of sp³-hybridized carbons (Fsp3) is 0.200. The third-order valence-corrected chi connectivity index (χ3v) is 1.00. The number of aromatic nitrogens is 3. The lowest BCUT2D eigenvalue weighted by molar-refractivity contribution is 1.05. The Hall–Kier alpha value is -2.12. The molecule has 13 heavy (non-hydrogen) atoms. The van der Waals surface area contributed by atoms with Crippen LogP contribution in [0.25, 0.3) is 0 Å². The predicted molar refractivity (Wildman–Crippen MR) is 49.6 cm³/mol. The second-order valence-corrected chi connectivity index (χ2v) is 2.24. The van der Waals surface area contributed by atoms with Gasteiger partial charge in [-0.25, -0.2) is 5.43 Å². The van der Waals surface area contributed by atoms with Crippen molar-refractivity contribution in [2.75, 3.05) is 16.9 Å². The van der Waals surface area contributed by atoms with E-state index in [0.29, 0.717) is 5.84 Å². The van der Waals surface area contributed by atoms with E-state index in [-0.39, 0.29) is 17.8 Å². The molecule has 0 saturated heterocycles. The van der Waals surface area contributed by atoms with Gasteiger partial charge in [0, 0.05) is 0 Å². The van der Waals surface area contributed by atoms with E-state index >= 15 is 0 Å². The average molecular weight is 182 g/mol. The van der Waals surface area contributed by atoms with Gasteiger partial charge in [-0.05, 0) is 6.92 Å².